The van der Waals surface area contributed by atoms with E-state index in [9.17, 15) is 4.79 Å². The lowest BCUT2D eigenvalue weighted by molar-refractivity contribution is 0.102. The van der Waals surface area contributed by atoms with Crippen LogP contribution in [-0.2, 0) is 6.42 Å². The van der Waals surface area contributed by atoms with E-state index in [1.807, 2.05) is 18.2 Å². The number of aromatic nitrogens is 1. The first kappa shape index (κ1) is 13.6. The Labute approximate surface area is 117 Å². The Morgan fingerprint density at radius 3 is 2.84 bits per heavy atom. The summed E-state index contributed by atoms with van der Waals surface area (Å²) in [5, 5.41) is 3.05. The average molecular weight is 275 g/mol. The van der Waals surface area contributed by atoms with Gasteiger partial charge in [0.2, 0.25) is 0 Å². The molecule has 0 atom stereocenters. The second-order valence-corrected chi connectivity index (χ2v) is 4.65. The fraction of sp³-hybridized carbons (Fsp3) is 0.200. The maximum atomic E-state index is 12.1. The molecule has 19 heavy (non-hydrogen) atoms. The molecule has 1 aromatic heterocycles. The van der Waals surface area contributed by atoms with Crippen molar-refractivity contribution in [2.24, 2.45) is 0 Å². The number of halogens is 1. The van der Waals surface area contributed by atoms with Crippen molar-refractivity contribution in [3.63, 3.8) is 0 Å². The van der Waals surface area contributed by atoms with Crippen LogP contribution in [0.4, 0.5) is 5.69 Å². The van der Waals surface area contributed by atoms with E-state index in [1.165, 1.54) is 11.1 Å². The molecule has 1 N–H and O–H groups in total. The first-order chi connectivity index (χ1) is 9.11. The Kier molecular flexibility index (Phi) is 4.17. The maximum absolute atomic E-state index is 12.1. The third kappa shape index (κ3) is 3.12. The summed E-state index contributed by atoms with van der Waals surface area (Å²) in [7, 11) is 0. The molecule has 0 spiro atoms. The number of carbonyl (C=O) groups is 1. The summed E-state index contributed by atoms with van der Waals surface area (Å²) < 4.78 is 0. The van der Waals surface area contributed by atoms with Gasteiger partial charge in [0, 0.05) is 11.9 Å². The van der Waals surface area contributed by atoms with Crippen molar-refractivity contribution in [3.8, 4) is 0 Å². The Balaban J connectivity index is 2.22. The SMILES string of the molecule is CCc1cc(NC(=O)c2cccnc2Cl)ccc1C. The number of anilines is 1. The number of aryl methyl sites for hydroxylation is 2. The maximum Gasteiger partial charge on any atom is 0.258 e. The number of pyridine rings is 1. The van der Waals surface area contributed by atoms with Crippen molar-refractivity contribution in [3.05, 3.63) is 58.4 Å². The van der Waals surface area contributed by atoms with Crippen LogP contribution >= 0.6 is 11.6 Å². The fourth-order valence-electron chi connectivity index (χ4n) is 1.88. The van der Waals surface area contributed by atoms with Crippen LogP contribution in [0.5, 0.6) is 0 Å². The van der Waals surface area contributed by atoms with Crippen LogP contribution in [0.2, 0.25) is 5.15 Å². The van der Waals surface area contributed by atoms with Crippen molar-refractivity contribution < 1.29 is 4.79 Å². The molecule has 1 aromatic carbocycles. The number of hydrogen-bond donors (Lipinski definition) is 1. The van der Waals surface area contributed by atoms with Gasteiger partial charge in [0.05, 0.1) is 5.56 Å². The van der Waals surface area contributed by atoms with Gasteiger partial charge >= 0.3 is 0 Å². The van der Waals surface area contributed by atoms with Crippen LogP contribution in [0, 0.1) is 6.92 Å². The van der Waals surface area contributed by atoms with E-state index < -0.39 is 0 Å². The summed E-state index contributed by atoms with van der Waals surface area (Å²) >= 11 is 5.90. The van der Waals surface area contributed by atoms with E-state index in [1.54, 1.807) is 18.3 Å². The summed E-state index contributed by atoms with van der Waals surface area (Å²) in [5.41, 5.74) is 3.59. The molecule has 2 rings (SSSR count). The molecular weight excluding hydrogens is 260 g/mol. The van der Waals surface area contributed by atoms with Crippen molar-refractivity contribution in [2.75, 3.05) is 5.32 Å². The zero-order valence-electron chi connectivity index (χ0n) is 10.9. The zero-order valence-corrected chi connectivity index (χ0v) is 11.7. The van der Waals surface area contributed by atoms with Gasteiger partial charge in [-0.15, -0.1) is 0 Å². The fourth-order valence-corrected chi connectivity index (χ4v) is 2.09. The number of hydrogen-bond acceptors (Lipinski definition) is 2. The van der Waals surface area contributed by atoms with Gasteiger partial charge in [-0.1, -0.05) is 24.6 Å². The molecule has 98 valence electrons. The van der Waals surface area contributed by atoms with E-state index in [0.29, 0.717) is 5.56 Å². The van der Waals surface area contributed by atoms with Gasteiger partial charge < -0.3 is 5.32 Å². The minimum absolute atomic E-state index is 0.211. The predicted molar refractivity (Wildman–Crippen MR) is 77.8 cm³/mol. The van der Waals surface area contributed by atoms with Gasteiger partial charge in [0.1, 0.15) is 5.15 Å². The molecule has 0 saturated carbocycles. The van der Waals surface area contributed by atoms with Crippen LogP contribution in [0.25, 0.3) is 0 Å². The summed E-state index contributed by atoms with van der Waals surface area (Å²) in [5.74, 6) is -0.246. The van der Waals surface area contributed by atoms with Crippen molar-refractivity contribution in [1.29, 1.82) is 0 Å². The Bertz CT molecular complexity index is 611. The molecule has 2 aromatic rings. The third-order valence-electron chi connectivity index (χ3n) is 2.99. The van der Waals surface area contributed by atoms with Gasteiger partial charge in [0.25, 0.3) is 5.91 Å². The third-order valence-corrected chi connectivity index (χ3v) is 3.29. The first-order valence-corrected chi connectivity index (χ1v) is 6.51. The van der Waals surface area contributed by atoms with E-state index in [2.05, 4.69) is 24.1 Å². The summed E-state index contributed by atoms with van der Waals surface area (Å²) in [6.45, 7) is 4.15. The molecule has 0 aliphatic heterocycles. The predicted octanol–water partition coefficient (Wildman–Crippen LogP) is 3.86. The molecule has 0 bridgehead atoms. The van der Waals surface area contributed by atoms with Gasteiger partial charge in [-0.05, 0) is 48.7 Å². The first-order valence-electron chi connectivity index (χ1n) is 6.13. The lowest BCUT2D eigenvalue weighted by atomic mass is 10.1. The summed E-state index contributed by atoms with van der Waals surface area (Å²) in [6.07, 6.45) is 2.49. The van der Waals surface area contributed by atoms with Crippen LogP contribution < -0.4 is 5.32 Å². The molecule has 4 heteroatoms. The lowest BCUT2D eigenvalue weighted by Crippen LogP contribution is -2.13. The topological polar surface area (TPSA) is 42.0 Å². The van der Waals surface area contributed by atoms with E-state index >= 15 is 0 Å². The van der Waals surface area contributed by atoms with E-state index in [0.717, 1.165) is 12.1 Å². The Morgan fingerprint density at radius 2 is 2.16 bits per heavy atom. The highest BCUT2D eigenvalue weighted by atomic mass is 35.5. The molecular formula is C15H15ClN2O. The molecule has 0 aliphatic rings. The largest absolute Gasteiger partial charge is 0.322 e. The number of rotatable bonds is 3. The highest BCUT2D eigenvalue weighted by molar-refractivity contribution is 6.33. The minimum atomic E-state index is -0.246. The number of amides is 1. The second kappa shape index (κ2) is 5.85. The van der Waals surface area contributed by atoms with Gasteiger partial charge in [-0.2, -0.15) is 0 Å². The normalized spacial score (nSPS) is 10.3. The van der Waals surface area contributed by atoms with E-state index in [-0.39, 0.29) is 11.1 Å². The number of carbonyl (C=O) groups excluding carboxylic acids is 1. The summed E-state index contributed by atoms with van der Waals surface area (Å²) in [4.78, 5) is 16.0. The standard InChI is InChI=1S/C15H15ClN2O/c1-3-11-9-12(7-6-10(11)2)18-15(19)13-5-4-8-17-14(13)16/h4-9H,3H2,1-2H3,(H,18,19). The zero-order chi connectivity index (χ0) is 13.8. The highest BCUT2D eigenvalue weighted by Crippen LogP contribution is 2.18. The smallest absolute Gasteiger partial charge is 0.258 e. The van der Waals surface area contributed by atoms with Crippen LogP contribution in [0.1, 0.15) is 28.4 Å². The molecule has 3 nitrogen and oxygen atoms in total. The van der Waals surface area contributed by atoms with Crippen molar-refractivity contribution in [2.45, 2.75) is 20.3 Å². The number of benzene rings is 1. The monoisotopic (exact) mass is 274 g/mol. The Morgan fingerprint density at radius 1 is 1.37 bits per heavy atom. The van der Waals surface area contributed by atoms with Crippen LogP contribution in [0.15, 0.2) is 36.5 Å². The molecule has 0 fully saturated rings. The minimum Gasteiger partial charge on any atom is -0.322 e. The molecule has 1 heterocycles. The molecule has 0 saturated heterocycles. The lowest BCUT2D eigenvalue weighted by Gasteiger charge is -2.09. The average Bonchev–Trinajstić information content (AvgIpc) is 2.41. The summed E-state index contributed by atoms with van der Waals surface area (Å²) in [6, 6.07) is 9.21. The van der Waals surface area contributed by atoms with Crippen LogP contribution in [0.3, 0.4) is 0 Å². The second-order valence-electron chi connectivity index (χ2n) is 4.29. The quantitative estimate of drug-likeness (QED) is 0.864. The van der Waals surface area contributed by atoms with Gasteiger partial charge in [-0.3, -0.25) is 4.79 Å². The number of nitrogens with zero attached hydrogens (tertiary/aromatic N) is 1. The molecule has 0 unspecified atom stereocenters. The molecule has 0 radical (unpaired) electrons. The highest BCUT2D eigenvalue weighted by Gasteiger charge is 2.11. The Hall–Kier alpha value is -1.87. The van der Waals surface area contributed by atoms with Gasteiger partial charge in [0.15, 0.2) is 0 Å². The van der Waals surface area contributed by atoms with E-state index in [4.69, 9.17) is 11.6 Å². The molecule has 0 aliphatic carbocycles. The van der Waals surface area contributed by atoms with Crippen molar-refractivity contribution >= 4 is 23.2 Å². The number of nitrogens with one attached hydrogen (secondary N) is 1. The van der Waals surface area contributed by atoms with Crippen LogP contribution in [-0.4, -0.2) is 10.9 Å². The van der Waals surface area contributed by atoms with Gasteiger partial charge in [-0.25, -0.2) is 4.98 Å². The van der Waals surface area contributed by atoms with Crippen molar-refractivity contribution in [1.82, 2.24) is 4.98 Å². The molecule has 1 amide bonds.